The molecule has 262 valence electrons. The second-order valence-corrected chi connectivity index (χ2v) is 12.6. The number of carbonyl (C=O) groups is 2. The molecular weight excluding hydrogens is 673 g/mol. The van der Waals surface area contributed by atoms with Crippen molar-refractivity contribution in [1.82, 2.24) is 19.8 Å². The third kappa shape index (κ3) is 8.70. The topological polar surface area (TPSA) is 146 Å². The summed E-state index contributed by atoms with van der Waals surface area (Å²) >= 11 is 2.77. The zero-order valence-electron chi connectivity index (χ0n) is 28.3. The zero-order chi connectivity index (χ0) is 34.9. The molecule has 0 atom stereocenters. The Bertz CT molecular complexity index is 1590. The summed E-state index contributed by atoms with van der Waals surface area (Å²) in [5, 5.41) is 10.7. The number of aromatic nitrogens is 2. The van der Waals surface area contributed by atoms with E-state index in [1.807, 2.05) is 10.8 Å². The van der Waals surface area contributed by atoms with Gasteiger partial charge in [-0.2, -0.15) is 0 Å². The van der Waals surface area contributed by atoms with Crippen LogP contribution in [0.1, 0.15) is 38.5 Å². The van der Waals surface area contributed by atoms with Gasteiger partial charge >= 0.3 is 0 Å². The van der Waals surface area contributed by atoms with Crippen molar-refractivity contribution < 1.29 is 38.0 Å². The Balaban J connectivity index is 1.12. The summed E-state index contributed by atoms with van der Waals surface area (Å²) in [6, 6.07) is 6.42. The number of nitrogens with zero attached hydrogens (tertiary/aromatic N) is 4. The first-order valence-electron chi connectivity index (χ1n) is 15.3. The Hall–Kier alpha value is -4.64. The van der Waals surface area contributed by atoms with Crippen LogP contribution < -0.4 is 39.1 Å². The van der Waals surface area contributed by atoms with E-state index >= 15 is 0 Å². The molecule has 16 heteroatoms. The predicted molar refractivity (Wildman–Crippen MR) is 188 cm³/mol. The number of rotatable bonds is 14. The fourth-order valence-electron chi connectivity index (χ4n) is 5.44. The van der Waals surface area contributed by atoms with Gasteiger partial charge in [-0.3, -0.25) is 30.0 Å². The van der Waals surface area contributed by atoms with Crippen molar-refractivity contribution in [2.75, 3.05) is 79.5 Å². The van der Waals surface area contributed by atoms with E-state index in [2.05, 4.69) is 30.4 Å². The largest absolute Gasteiger partial charge is 0.493 e. The highest BCUT2D eigenvalue weighted by atomic mass is 32.1. The number of nitrogens with one attached hydrogen (secondary N) is 2. The van der Waals surface area contributed by atoms with Crippen LogP contribution in [-0.4, -0.2) is 100 Å². The molecule has 1 fully saturated rings. The Kier molecular flexibility index (Phi) is 12.1. The highest BCUT2D eigenvalue weighted by molar-refractivity contribution is 7.14. The maximum atomic E-state index is 13.0. The Morgan fingerprint density at radius 3 is 1.31 bits per heavy atom. The minimum atomic E-state index is -0.323. The van der Waals surface area contributed by atoms with E-state index in [0.717, 1.165) is 44.0 Å². The quantitative estimate of drug-likeness (QED) is 0.184. The maximum absolute atomic E-state index is 13.0. The van der Waals surface area contributed by atoms with Gasteiger partial charge in [0.2, 0.25) is 11.5 Å². The zero-order valence-corrected chi connectivity index (χ0v) is 29.9. The summed E-state index contributed by atoms with van der Waals surface area (Å²) < 4.78 is 32.2. The van der Waals surface area contributed by atoms with Crippen LogP contribution in [0.15, 0.2) is 35.0 Å². The first kappa shape index (κ1) is 35.7. The lowest BCUT2D eigenvalue weighted by molar-refractivity contribution is 0.101. The molecule has 3 heterocycles. The number of ether oxygens (including phenoxy) is 6. The second kappa shape index (κ2) is 16.6. The molecular formula is C33H40N6O8S2. The van der Waals surface area contributed by atoms with Crippen molar-refractivity contribution in [3.63, 3.8) is 0 Å². The van der Waals surface area contributed by atoms with Gasteiger partial charge in [0.25, 0.3) is 11.8 Å². The van der Waals surface area contributed by atoms with Crippen molar-refractivity contribution in [2.45, 2.75) is 19.5 Å². The van der Waals surface area contributed by atoms with Gasteiger partial charge in [0, 0.05) is 48.1 Å². The van der Waals surface area contributed by atoms with Gasteiger partial charge < -0.3 is 28.4 Å². The molecule has 49 heavy (non-hydrogen) atoms. The number of hydrogen-bond donors (Lipinski definition) is 2. The molecule has 14 nitrogen and oxygen atoms in total. The van der Waals surface area contributed by atoms with E-state index in [0.29, 0.717) is 69.0 Å². The van der Waals surface area contributed by atoms with E-state index in [-0.39, 0.29) is 11.8 Å². The van der Waals surface area contributed by atoms with E-state index in [1.165, 1.54) is 65.3 Å². The molecule has 0 aliphatic carbocycles. The van der Waals surface area contributed by atoms with Crippen LogP contribution in [0.3, 0.4) is 0 Å². The Labute approximate surface area is 292 Å². The van der Waals surface area contributed by atoms with Crippen molar-refractivity contribution in [2.24, 2.45) is 0 Å². The number of benzene rings is 2. The molecule has 2 aromatic carbocycles. The van der Waals surface area contributed by atoms with Crippen LogP contribution in [0, 0.1) is 0 Å². The number of hydrogen-bond acceptors (Lipinski definition) is 14. The maximum Gasteiger partial charge on any atom is 0.257 e. The smallest absolute Gasteiger partial charge is 0.257 e. The number of carbonyl (C=O) groups excluding carboxylic acids is 2. The molecule has 5 rings (SSSR count). The first-order valence-corrected chi connectivity index (χ1v) is 17.1. The Morgan fingerprint density at radius 1 is 0.612 bits per heavy atom. The second-order valence-electron chi connectivity index (χ2n) is 10.9. The third-order valence-corrected chi connectivity index (χ3v) is 9.46. The lowest BCUT2D eigenvalue weighted by Gasteiger charge is -2.20. The third-order valence-electron chi connectivity index (χ3n) is 7.85. The molecule has 0 spiro atoms. The van der Waals surface area contributed by atoms with Crippen molar-refractivity contribution in [3.8, 4) is 34.5 Å². The highest BCUT2D eigenvalue weighted by Crippen LogP contribution is 2.39. The monoisotopic (exact) mass is 712 g/mol. The number of thiazole rings is 2. The van der Waals surface area contributed by atoms with Crippen LogP contribution >= 0.6 is 22.7 Å². The lowest BCUT2D eigenvalue weighted by Crippen LogP contribution is -2.30. The molecule has 2 aromatic heterocycles. The minimum absolute atomic E-state index is 0.323. The van der Waals surface area contributed by atoms with E-state index in [4.69, 9.17) is 28.4 Å². The van der Waals surface area contributed by atoms with Crippen molar-refractivity contribution in [1.29, 1.82) is 0 Å². The molecule has 1 aliphatic rings. The van der Waals surface area contributed by atoms with Gasteiger partial charge in [-0.25, -0.2) is 9.97 Å². The molecule has 1 aliphatic heterocycles. The van der Waals surface area contributed by atoms with Crippen molar-refractivity contribution >= 4 is 44.8 Å². The van der Waals surface area contributed by atoms with E-state index in [9.17, 15) is 9.59 Å². The predicted octanol–water partition coefficient (Wildman–Crippen LogP) is 4.86. The van der Waals surface area contributed by atoms with Crippen molar-refractivity contribution in [3.05, 3.63) is 57.5 Å². The molecule has 1 saturated heterocycles. The van der Waals surface area contributed by atoms with Crippen LogP contribution in [0.25, 0.3) is 0 Å². The van der Waals surface area contributed by atoms with E-state index in [1.54, 1.807) is 24.3 Å². The van der Waals surface area contributed by atoms with Crippen LogP contribution in [-0.2, 0) is 13.1 Å². The average Bonchev–Trinajstić information content (AvgIpc) is 3.70. The van der Waals surface area contributed by atoms with Gasteiger partial charge in [-0.15, -0.1) is 22.7 Å². The molecule has 0 saturated carbocycles. The molecule has 2 N–H and O–H groups in total. The van der Waals surface area contributed by atoms with E-state index < -0.39 is 0 Å². The fourth-order valence-corrected chi connectivity index (χ4v) is 6.83. The molecule has 0 radical (unpaired) electrons. The fraction of sp³-hybridized carbons (Fsp3) is 0.394. The van der Waals surface area contributed by atoms with Crippen LogP contribution in [0.4, 0.5) is 10.3 Å². The molecule has 0 bridgehead atoms. The highest BCUT2D eigenvalue weighted by Gasteiger charge is 2.21. The van der Waals surface area contributed by atoms with Gasteiger partial charge in [-0.05, 0) is 43.8 Å². The molecule has 0 unspecified atom stereocenters. The van der Waals surface area contributed by atoms with Gasteiger partial charge in [0.15, 0.2) is 33.3 Å². The lowest BCUT2D eigenvalue weighted by atomic mass is 10.1. The van der Waals surface area contributed by atoms with Gasteiger partial charge in [0.1, 0.15) is 0 Å². The minimum Gasteiger partial charge on any atom is -0.493 e. The number of anilines is 2. The number of amides is 2. The molecule has 4 aromatic rings. The van der Waals surface area contributed by atoms with Crippen LogP contribution in [0.2, 0.25) is 0 Å². The standard InChI is InChI=1S/C33H40N6O8S2/c1-42-24-12-20(13-25(43-2)28(24)46-5)30(40)36-32-34-22(18-48-32)16-38-8-7-9-39(11-10-38)17-23-19-49-33(35-23)37-31(41)21-14-26(44-3)29(47-6)27(15-21)45-4/h12-15,18-19H,7-11,16-17H2,1-6H3,(H,34,36,40)(H,35,37,41). The normalized spacial score (nSPS) is 13.7. The molecule has 2 amide bonds. The summed E-state index contributed by atoms with van der Waals surface area (Å²) in [5.41, 5.74) is 2.52. The summed E-state index contributed by atoms with van der Waals surface area (Å²) in [6.07, 6.45) is 0.990. The SMILES string of the molecule is COc1cc(C(=O)Nc2nc(CN3CCCN(Cc4csc(NC(=O)c5cc(OC)c(OC)c(OC)c5)n4)CC3)cs2)cc(OC)c1OC. The van der Waals surface area contributed by atoms with Gasteiger partial charge in [0.05, 0.1) is 54.0 Å². The first-order chi connectivity index (χ1) is 23.8. The summed E-state index contributed by atoms with van der Waals surface area (Å²) in [4.78, 5) is 40.1. The summed E-state index contributed by atoms with van der Waals surface area (Å²) in [6.45, 7) is 4.93. The average molecular weight is 713 g/mol. The Morgan fingerprint density at radius 2 is 0.980 bits per heavy atom. The summed E-state index contributed by atoms with van der Waals surface area (Å²) in [5.74, 6) is 1.79. The summed E-state index contributed by atoms with van der Waals surface area (Å²) in [7, 11) is 9.05. The number of methoxy groups -OCH3 is 6. The van der Waals surface area contributed by atoms with Gasteiger partial charge in [-0.1, -0.05) is 0 Å². The van der Waals surface area contributed by atoms with Crippen LogP contribution in [0.5, 0.6) is 34.5 Å².